The van der Waals surface area contributed by atoms with Gasteiger partial charge in [0.05, 0.1) is 12.8 Å². The minimum atomic E-state index is 0.130. The van der Waals surface area contributed by atoms with Crippen LogP contribution in [0.1, 0.15) is 30.5 Å². The topological polar surface area (TPSA) is 65.1 Å². The minimum absolute atomic E-state index is 0.130. The monoisotopic (exact) mass is 274 g/mol. The summed E-state index contributed by atoms with van der Waals surface area (Å²) in [5.41, 5.74) is 5.27. The van der Waals surface area contributed by atoms with Crippen LogP contribution < -0.4 is 16.0 Å². The Morgan fingerprint density at radius 3 is 2.65 bits per heavy atom. The van der Waals surface area contributed by atoms with Crippen LogP contribution in [0.3, 0.4) is 0 Å². The maximum atomic E-state index is 5.67. The summed E-state index contributed by atoms with van der Waals surface area (Å²) in [6, 6.07) is 8.20. The molecule has 2 aromatic rings. The van der Waals surface area contributed by atoms with E-state index in [-0.39, 0.29) is 6.04 Å². The molecule has 2 rings (SSSR count). The predicted molar refractivity (Wildman–Crippen MR) is 79.2 cm³/mol. The molecule has 3 N–H and O–H groups in total. The van der Waals surface area contributed by atoms with E-state index in [9.17, 15) is 0 Å². The number of hydrogen-bond acceptors (Lipinski definition) is 4. The van der Waals surface area contributed by atoms with Gasteiger partial charge in [0.15, 0.2) is 0 Å². The number of aryl methyl sites for hydroxylation is 2. The van der Waals surface area contributed by atoms with E-state index in [1.54, 1.807) is 0 Å². The van der Waals surface area contributed by atoms with E-state index < -0.39 is 0 Å². The molecule has 5 heteroatoms. The highest BCUT2D eigenvalue weighted by molar-refractivity contribution is 5.29. The van der Waals surface area contributed by atoms with Gasteiger partial charge in [-0.3, -0.25) is 16.0 Å². The van der Waals surface area contributed by atoms with Crippen LogP contribution in [-0.2, 0) is 13.5 Å². The molecular weight excluding hydrogens is 252 g/mol. The van der Waals surface area contributed by atoms with Crippen molar-refractivity contribution in [3.05, 3.63) is 47.8 Å². The van der Waals surface area contributed by atoms with Crippen LogP contribution in [-0.4, -0.2) is 16.4 Å². The summed E-state index contributed by atoms with van der Waals surface area (Å²) in [7, 11) is 1.93. The average molecular weight is 274 g/mol. The van der Waals surface area contributed by atoms with Gasteiger partial charge in [0.1, 0.15) is 5.75 Å². The molecular formula is C15H22N4O. The molecule has 1 aromatic heterocycles. The zero-order valence-electron chi connectivity index (χ0n) is 12.0. The van der Waals surface area contributed by atoms with Gasteiger partial charge in [0, 0.05) is 19.3 Å². The maximum absolute atomic E-state index is 5.67. The van der Waals surface area contributed by atoms with Gasteiger partial charge in [-0.25, -0.2) is 0 Å². The lowest BCUT2D eigenvalue weighted by Crippen LogP contribution is -2.28. The van der Waals surface area contributed by atoms with E-state index in [4.69, 9.17) is 10.6 Å². The molecule has 0 amide bonds. The van der Waals surface area contributed by atoms with Crippen molar-refractivity contribution in [3.63, 3.8) is 0 Å². The van der Waals surface area contributed by atoms with Gasteiger partial charge in [0.25, 0.3) is 0 Å². The van der Waals surface area contributed by atoms with Crippen molar-refractivity contribution in [1.29, 1.82) is 0 Å². The average Bonchev–Trinajstić information content (AvgIpc) is 2.87. The summed E-state index contributed by atoms with van der Waals surface area (Å²) in [6.45, 7) is 2.66. The molecule has 0 saturated heterocycles. The molecule has 0 saturated carbocycles. The minimum Gasteiger partial charge on any atom is -0.494 e. The third-order valence-electron chi connectivity index (χ3n) is 3.27. The number of nitrogens with two attached hydrogens (primary N) is 1. The van der Waals surface area contributed by atoms with Crippen LogP contribution in [0.15, 0.2) is 36.7 Å². The highest BCUT2D eigenvalue weighted by atomic mass is 16.5. The molecule has 0 aliphatic heterocycles. The Bertz CT molecular complexity index is 521. The van der Waals surface area contributed by atoms with Crippen LogP contribution >= 0.6 is 0 Å². The second-order valence-corrected chi connectivity index (χ2v) is 4.78. The van der Waals surface area contributed by atoms with Crippen molar-refractivity contribution in [2.75, 3.05) is 6.61 Å². The van der Waals surface area contributed by atoms with Gasteiger partial charge in [-0.15, -0.1) is 0 Å². The van der Waals surface area contributed by atoms with Gasteiger partial charge < -0.3 is 4.74 Å². The van der Waals surface area contributed by atoms with E-state index in [0.29, 0.717) is 6.61 Å². The first-order valence-electron chi connectivity index (χ1n) is 6.89. The molecule has 0 fully saturated rings. The molecule has 0 aliphatic carbocycles. The summed E-state index contributed by atoms with van der Waals surface area (Å²) >= 11 is 0. The van der Waals surface area contributed by atoms with Crippen LogP contribution in [0.5, 0.6) is 5.75 Å². The fraction of sp³-hybridized carbons (Fsp3) is 0.400. The smallest absolute Gasteiger partial charge is 0.119 e. The fourth-order valence-corrected chi connectivity index (χ4v) is 2.22. The standard InChI is InChI=1S/C15H22N4O/c1-3-20-14-7-5-13(6-8-14)15(18-16)9-4-12-10-17-19(2)11-12/h5-8,10-11,15,18H,3-4,9,16H2,1-2H3. The number of nitrogens with one attached hydrogen (secondary N) is 1. The van der Waals surface area contributed by atoms with E-state index in [2.05, 4.69) is 22.7 Å². The van der Waals surface area contributed by atoms with Gasteiger partial charge in [-0.2, -0.15) is 5.10 Å². The molecule has 1 unspecified atom stereocenters. The Morgan fingerprint density at radius 2 is 2.10 bits per heavy atom. The number of hydrogen-bond donors (Lipinski definition) is 2. The summed E-state index contributed by atoms with van der Waals surface area (Å²) < 4.78 is 7.26. The van der Waals surface area contributed by atoms with Crippen molar-refractivity contribution in [2.24, 2.45) is 12.9 Å². The van der Waals surface area contributed by atoms with Gasteiger partial charge in [-0.05, 0) is 43.0 Å². The van der Waals surface area contributed by atoms with Gasteiger partial charge >= 0.3 is 0 Å². The highest BCUT2D eigenvalue weighted by Gasteiger charge is 2.10. The molecule has 1 atom stereocenters. The Balaban J connectivity index is 1.96. The molecule has 1 heterocycles. The first-order valence-corrected chi connectivity index (χ1v) is 6.89. The third kappa shape index (κ3) is 3.82. The zero-order chi connectivity index (χ0) is 14.4. The molecule has 20 heavy (non-hydrogen) atoms. The largest absolute Gasteiger partial charge is 0.494 e. The summed E-state index contributed by atoms with van der Waals surface area (Å²) in [6.07, 6.45) is 5.80. The van der Waals surface area contributed by atoms with Crippen LogP contribution in [0.25, 0.3) is 0 Å². The Labute approximate surface area is 119 Å². The van der Waals surface area contributed by atoms with Crippen molar-refractivity contribution in [3.8, 4) is 5.75 Å². The van der Waals surface area contributed by atoms with Crippen LogP contribution in [0.2, 0.25) is 0 Å². The first-order chi connectivity index (χ1) is 9.72. The Kier molecular flexibility index (Phi) is 5.15. The van der Waals surface area contributed by atoms with E-state index in [0.717, 1.165) is 18.6 Å². The van der Waals surface area contributed by atoms with Crippen LogP contribution in [0.4, 0.5) is 0 Å². The van der Waals surface area contributed by atoms with Gasteiger partial charge in [-0.1, -0.05) is 12.1 Å². The molecule has 0 spiro atoms. The normalized spacial score (nSPS) is 12.3. The van der Waals surface area contributed by atoms with Crippen molar-refractivity contribution < 1.29 is 4.74 Å². The highest BCUT2D eigenvalue weighted by Crippen LogP contribution is 2.21. The SMILES string of the molecule is CCOc1ccc(C(CCc2cnn(C)c2)NN)cc1. The number of rotatable bonds is 7. The maximum Gasteiger partial charge on any atom is 0.119 e. The molecule has 5 nitrogen and oxygen atoms in total. The lowest BCUT2D eigenvalue weighted by atomic mass is 10.0. The van der Waals surface area contributed by atoms with Crippen molar-refractivity contribution in [2.45, 2.75) is 25.8 Å². The summed E-state index contributed by atoms with van der Waals surface area (Å²) in [4.78, 5) is 0. The summed E-state index contributed by atoms with van der Waals surface area (Å²) in [5.74, 6) is 6.56. The molecule has 1 aromatic carbocycles. The second-order valence-electron chi connectivity index (χ2n) is 4.78. The summed E-state index contributed by atoms with van der Waals surface area (Å²) in [5, 5.41) is 4.17. The Hall–Kier alpha value is -1.85. The van der Waals surface area contributed by atoms with Crippen molar-refractivity contribution in [1.82, 2.24) is 15.2 Å². The third-order valence-corrected chi connectivity index (χ3v) is 3.27. The van der Waals surface area contributed by atoms with E-state index in [1.165, 1.54) is 11.1 Å². The molecule has 0 bridgehead atoms. The lowest BCUT2D eigenvalue weighted by molar-refractivity contribution is 0.340. The fourth-order valence-electron chi connectivity index (χ4n) is 2.22. The quantitative estimate of drug-likeness (QED) is 0.598. The van der Waals surface area contributed by atoms with Crippen LogP contribution in [0, 0.1) is 0 Å². The molecule has 0 aliphatic rings. The first kappa shape index (κ1) is 14.6. The number of aromatic nitrogens is 2. The number of benzene rings is 1. The van der Waals surface area contributed by atoms with Gasteiger partial charge in [0.2, 0.25) is 0 Å². The number of hydrazine groups is 1. The number of nitrogens with zero attached hydrogens (tertiary/aromatic N) is 2. The molecule has 0 radical (unpaired) electrons. The Morgan fingerprint density at radius 1 is 1.35 bits per heavy atom. The molecule has 108 valence electrons. The van der Waals surface area contributed by atoms with Crippen molar-refractivity contribution >= 4 is 0 Å². The van der Waals surface area contributed by atoms with E-state index in [1.807, 2.05) is 43.2 Å². The lowest BCUT2D eigenvalue weighted by Gasteiger charge is -2.16. The predicted octanol–water partition coefficient (Wildman–Crippen LogP) is 1.96. The van der Waals surface area contributed by atoms with E-state index >= 15 is 0 Å². The number of ether oxygens (including phenoxy) is 1. The zero-order valence-corrected chi connectivity index (χ0v) is 12.0. The second kappa shape index (κ2) is 7.07.